The van der Waals surface area contributed by atoms with Crippen molar-refractivity contribution in [2.24, 2.45) is 46.3 Å². The molecule has 0 spiro atoms. The number of nitrogens with zero attached hydrogens (tertiary/aromatic N) is 2. The van der Waals surface area contributed by atoms with Gasteiger partial charge in [0, 0.05) is 17.5 Å². The zero-order chi connectivity index (χ0) is 23.5. The molecule has 1 heterocycles. The predicted octanol–water partition coefficient (Wildman–Crippen LogP) is 8.56. The molecule has 6 rings (SSSR count). The first-order valence-corrected chi connectivity index (χ1v) is 14.6. The fourth-order valence-corrected chi connectivity index (χ4v) is 10.2. The summed E-state index contributed by atoms with van der Waals surface area (Å²) in [7, 11) is 0. The second-order valence-electron chi connectivity index (χ2n) is 13.4. The van der Waals surface area contributed by atoms with E-state index in [0.717, 1.165) is 59.0 Å². The van der Waals surface area contributed by atoms with Gasteiger partial charge in [0.1, 0.15) is 5.82 Å². The van der Waals surface area contributed by atoms with E-state index in [2.05, 4.69) is 52.0 Å². The molecule has 184 valence electrons. The molecule has 4 saturated carbocycles. The van der Waals surface area contributed by atoms with Crippen LogP contribution in [0.15, 0.2) is 24.3 Å². The Morgan fingerprint density at radius 3 is 2.59 bits per heavy atom. The lowest BCUT2D eigenvalue weighted by Gasteiger charge is -2.61. The summed E-state index contributed by atoms with van der Waals surface area (Å²) < 4.78 is 0. The summed E-state index contributed by atoms with van der Waals surface area (Å²) in [6.07, 6.45) is 17.3. The van der Waals surface area contributed by atoms with Crippen molar-refractivity contribution in [2.75, 3.05) is 0 Å². The van der Waals surface area contributed by atoms with Gasteiger partial charge in [-0.15, -0.1) is 0 Å². The molecule has 7 unspecified atom stereocenters. The standard InChI is InChI=1S/C32H46N2/c1-21(12-17-30-33-22(2)24-10-5-6-11-29(24)34-30)26-15-16-27-25-14-13-23-9-7-8-19-31(23,3)28(25)18-20-32(26,27)4/h5-6,10-11,21,23,25-28H,7-9,12-20H2,1-4H3/t21-,23?,25?,26?,27?,28?,31?,32?/m1/s1. The average Bonchev–Trinajstić information content (AvgIpc) is 3.19. The van der Waals surface area contributed by atoms with Crippen molar-refractivity contribution < 1.29 is 0 Å². The number of aromatic nitrogens is 2. The summed E-state index contributed by atoms with van der Waals surface area (Å²) in [4.78, 5) is 9.81. The normalized spacial score (nSPS) is 40.4. The number of benzene rings is 1. The lowest BCUT2D eigenvalue weighted by molar-refractivity contribution is -0.114. The lowest BCUT2D eigenvalue weighted by atomic mass is 9.44. The average molecular weight is 459 g/mol. The molecule has 0 radical (unpaired) electrons. The van der Waals surface area contributed by atoms with E-state index in [-0.39, 0.29) is 0 Å². The van der Waals surface area contributed by atoms with E-state index >= 15 is 0 Å². The molecule has 0 saturated heterocycles. The second-order valence-corrected chi connectivity index (χ2v) is 13.4. The van der Waals surface area contributed by atoms with Crippen LogP contribution in [0.3, 0.4) is 0 Å². The number of aryl methyl sites for hydroxylation is 2. The third-order valence-corrected chi connectivity index (χ3v) is 12.0. The third kappa shape index (κ3) is 3.56. The van der Waals surface area contributed by atoms with Crippen molar-refractivity contribution in [2.45, 2.75) is 105 Å². The van der Waals surface area contributed by atoms with E-state index in [9.17, 15) is 0 Å². The monoisotopic (exact) mass is 458 g/mol. The van der Waals surface area contributed by atoms with Crippen LogP contribution in [0.5, 0.6) is 0 Å². The number of para-hydroxylation sites is 1. The Kier molecular flexibility index (Phi) is 5.81. The van der Waals surface area contributed by atoms with Crippen LogP contribution in [0.1, 0.15) is 103 Å². The van der Waals surface area contributed by atoms with Crippen molar-refractivity contribution >= 4 is 10.9 Å². The van der Waals surface area contributed by atoms with E-state index in [1.54, 1.807) is 0 Å². The minimum Gasteiger partial charge on any atom is -0.238 e. The zero-order valence-corrected chi connectivity index (χ0v) is 22.2. The van der Waals surface area contributed by atoms with Crippen molar-refractivity contribution in [3.8, 4) is 0 Å². The van der Waals surface area contributed by atoms with Crippen LogP contribution in [-0.2, 0) is 6.42 Å². The molecular formula is C32H46N2. The molecule has 2 nitrogen and oxygen atoms in total. The fraction of sp³-hybridized carbons (Fsp3) is 0.750. The van der Waals surface area contributed by atoms with Crippen LogP contribution in [0.25, 0.3) is 10.9 Å². The van der Waals surface area contributed by atoms with Crippen LogP contribution in [-0.4, -0.2) is 9.97 Å². The summed E-state index contributed by atoms with van der Waals surface area (Å²) >= 11 is 0. The quantitative estimate of drug-likeness (QED) is 0.458. The predicted molar refractivity (Wildman–Crippen MR) is 142 cm³/mol. The largest absolute Gasteiger partial charge is 0.238 e. The van der Waals surface area contributed by atoms with Crippen molar-refractivity contribution in [1.29, 1.82) is 0 Å². The van der Waals surface area contributed by atoms with Crippen LogP contribution < -0.4 is 0 Å². The molecule has 2 heteroatoms. The molecule has 8 atom stereocenters. The maximum absolute atomic E-state index is 4.92. The van der Waals surface area contributed by atoms with Crippen molar-refractivity contribution in [3.63, 3.8) is 0 Å². The molecule has 4 fully saturated rings. The summed E-state index contributed by atoms with van der Waals surface area (Å²) in [5.41, 5.74) is 3.47. The highest BCUT2D eigenvalue weighted by molar-refractivity contribution is 5.80. The Hall–Kier alpha value is -1.44. The van der Waals surface area contributed by atoms with E-state index in [1.807, 2.05) is 0 Å². The lowest BCUT2D eigenvalue weighted by Crippen LogP contribution is -2.53. The van der Waals surface area contributed by atoms with Gasteiger partial charge in [-0.3, -0.25) is 0 Å². The molecule has 0 amide bonds. The van der Waals surface area contributed by atoms with Crippen LogP contribution in [0, 0.1) is 53.3 Å². The Balaban J connectivity index is 1.16. The first-order valence-electron chi connectivity index (χ1n) is 14.6. The molecule has 2 aromatic rings. The molecule has 1 aromatic heterocycles. The van der Waals surface area contributed by atoms with E-state index in [4.69, 9.17) is 9.97 Å². The number of fused-ring (bicyclic) bond motifs is 6. The van der Waals surface area contributed by atoms with E-state index in [0.29, 0.717) is 10.8 Å². The van der Waals surface area contributed by atoms with Gasteiger partial charge in [0.05, 0.1) is 5.52 Å². The molecule has 4 aliphatic carbocycles. The summed E-state index contributed by atoms with van der Waals surface area (Å²) in [6.45, 7) is 10.1. The first kappa shape index (κ1) is 23.0. The van der Waals surface area contributed by atoms with E-state index in [1.165, 1.54) is 76.0 Å². The number of rotatable bonds is 4. The highest BCUT2D eigenvalue weighted by atomic mass is 14.9. The van der Waals surface area contributed by atoms with E-state index < -0.39 is 0 Å². The molecule has 0 N–H and O–H groups in total. The first-order chi connectivity index (χ1) is 16.4. The molecule has 1 aromatic carbocycles. The van der Waals surface area contributed by atoms with Gasteiger partial charge in [-0.25, -0.2) is 9.97 Å². The van der Waals surface area contributed by atoms with Gasteiger partial charge in [0.25, 0.3) is 0 Å². The molecule has 0 bridgehead atoms. The summed E-state index contributed by atoms with van der Waals surface area (Å²) in [5, 5.41) is 1.20. The van der Waals surface area contributed by atoms with Gasteiger partial charge in [-0.05, 0) is 117 Å². The van der Waals surface area contributed by atoms with Crippen LogP contribution in [0.2, 0.25) is 0 Å². The zero-order valence-electron chi connectivity index (χ0n) is 22.2. The summed E-state index contributed by atoms with van der Waals surface area (Å²) in [6, 6.07) is 8.47. The molecular weight excluding hydrogens is 412 g/mol. The van der Waals surface area contributed by atoms with Gasteiger partial charge >= 0.3 is 0 Å². The van der Waals surface area contributed by atoms with Gasteiger partial charge in [0.2, 0.25) is 0 Å². The van der Waals surface area contributed by atoms with Crippen molar-refractivity contribution in [1.82, 2.24) is 9.97 Å². The topological polar surface area (TPSA) is 25.8 Å². The van der Waals surface area contributed by atoms with Crippen LogP contribution in [0.4, 0.5) is 0 Å². The minimum atomic E-state index is 0.568. The Bertz CT molecular complexity index is 1040. The summed E-state index contributed by atoms with van der Waals surface area (Å²) in [5.74, 6) is 6.76. The Morgan fingerprint density at radius 2 is 1.71 bits per heavy atom. The highest BCUT2D eigenvalue weighted by Gasteiger charge is 2.60. The molecule has 4 aliphatic rings. The highest BCUT2D eigenvalue weighted by Crippen LogP contribution is 2.68. The Labute approximate surface area is 207 Å². The fourth-order valence-electron chi connectivity index (χ4n) is 10.2. The van der Waals surface area contributed by atoms with Gasteiger partial charge < -0.3 is 0 Å². The minimum absolute atomic E-state index is 0.568. The maximum atomic E-state index is 4.92. The Morgan fingerprint density at radius 1 is 0.882 bits per heavy atom. The smallest absolute Gasteiger partial charge is 0.129 e. The van der Waals surface area contributed by atoms with Crippen molar-refractivity contribution in [3.05, 3.63) is 35.8 Å². The maximum Gasteiger partial charge on any atom is 0.129 e. The number of hydrogen-bond acceptors (Lipinski definition) is 2. The van der Waals surface area contributed by atoms with Crippen LogP contribution >= 0.6 is 0 Å². The third-order valence-electron chi connectivity index (χ3n) is 12.0. The van der Waals surface area contributed by atoms with Gasteiger partial charge in [-0.1, -0.05) is 51.8 Å². The SMILES string of the molecule is Cc1nc(CC[C@@H](C)C2CCC3C4CCC5CCCCC5(C)C4CCC32C)nc2ccccc12. The second kappa shape index (κ2) is 8.59. The van der Waals surface area contributed by atoms with Gasteiger partial charge in [0.15, 0.2) is 0 Å². The number of hydrogen-bond donors (Lipinski definition) is 0. The molecule has 0 aliphatic heterocycles. The van der Waals surface area contributed by atoms with Gasteiger partial charge in [-0.2, -0.15) is 0 Å². The molecule has 34 heavy (non-hydrogen) atoms.